The van der Waals surface area contributed by atoms with Crippen LogP contribution < -0.4 is 5.32 Å². The van der Waals surface area contributed by atoms with Gasteiger partial charge >= 0.3 is 0 Å². The van der Waals surface area contributed by atoms with Crippen LogP contribution in [-0.2, 0) is 5.75 Å². The number of nitro groups is 1. The highest BCUT2D eigenvalue weighted by Gasteiger charge is 2.12. The highest BCUT2D eigenvalue weighted by atomic mass is 35.5. The van der Waals surface area contributed by atoms with Crippen LogP contribution in [0.5, 0.6) is 0 Å². The summed E-state index contributed by atoms with van der Waals surface area (Å²) in [5.41, 5.74) is 1.63. The molecule has 0 aliphatic heterocycles. The average molecular weight is 309 g/mol. The van der Waals surface area contributed by atoms with Crippen LogP contribution in [0.2, 0.25) is 5.02 Å². The molecule has 104 valence electrons. The van der Waals surface area contributed by atoms with Gasteiger partial charge in [-0.05, 0) is 29.8 Å². The maximum Gasteiger partial charge on any atom is 0.292 e. The van der Waals surface area contributed by atoms with Crippen molar-refractivity contribution in [3.05, 3.63) is 63.2 Å². The topological polar surface area (TPSA) is 55.2 Å². The van der Waals surface area contributed by atoms with Crippen molar-refractivity contribution in [1.82, 2.24) is 0 Å². The summed E-state index contributed by atoms with van der Waals surface area (Å²) in [5, 5.41) is 14.4. The molecule has 4 nitrogen and oxygen atoms in total. The highest BCUT2D eigenvalue weighted by molar-refractivity contribution is 7.98. The fraction of sp³-hybridized carbons (Fsp3) is 0.143. The second kappa shape index (κ2) is 6.63. The van der Waals surface area contributed by atoms with Gasteiger partial charge in [-0.15, -0.1) is 11.8 Å². The number of nitro benzene ring substituents is 1. The van der Waals surface area contributed by atoms with E-state index in [1.54, 1.807) is 30.9 Å². The maximum absolute atomic E-state index is 10.9. The summed E-state index contributed by atoms with van der Waals surface area (Å²) in [7, 11) is 1.68. The van der Waals surface area contributed by atoms with E-state index in [-0.39, 0.29) is 10.6 Å². The quantitative estimate of drug-likeness (QED) is 0.499. The standard InChI is InChI=1S/C14H13ClN2O2S/c1-16-13-7-10(5-6-14(13)17(18)19)9-20-12-4-2-3-11(15)8-12/h2-8,16H,9H2,1H3. The fourth-order valence-electron chi connectivity index (χ4n) is 1.76. The van der Waals surface area contributed by atoms with Crippen LogP contribution in [0.1, 0.15) is 5.56 Å². The zero-order chi connectivity index (χ0) is 14.5. The first-order chi connectivity index (χ1) is 9.60. The lowest BCUT2D eigenvalue weighted by molar-refractivity contribution is -0.383. The zero-order valence-corrected chi connectivity index (χ0v) is 12.4. The van der Waals surface area contributed by atoms with Crippen LogP contribution in [0.15, 0.2) is 47.4 Å². The van der Waals surface area contributed by atoms with Crippen LogP contribution >= 0.6 is 23.4 Å². The van der Waals surface area contributed by atoms with Crippen molar-refractivity contribution < 1.29 is 4.92 Å². The molecular weight excluding hydrogens is 296 g/mol. The van der Waals surface area contributed by atoms with E-state index in [1.165, 1.54) is 6.07 Å². The second-order valence-corrected chi connectivity index (χ2v) is 5.59. The molecule has 2 aromatic carbocycles. The van der Waals surface area contributed by atoms with Gasteiger partial charge in [0.05, 0.1) is 4.92 Å². The van der Waals surface area contributed by atoms with Crippen molar-refractivity contribution in [2.45, 2.75) is 10.6 Å². The molecule has 0 saturated heterocycles. The van der Waals surface area contributed by atoms with Crippen molar-refractivity contribution in [1.29, 1.82) is 0 Å². The first kappa shape index (κ1) is 14.7. The third-order valence-corrected chi connectivity index (χ3v) is 4.03. The van der Waals surface area contributed by atoms with E-state index < -0.39 is 0 Å². The molecule has 0 radical (unpaired) electrons. The Labute approximate surface area is 126 Å². The van der Waals surface area contributed by atoms with E-state index in [0.717, 1.165) is 16.2 Å². The molecule has 0 aliphatic carbocycles. The Balaban J connectivity index is 2.12. The van der Waals surface area contributed by atoms with Gasteiger partial charge < -0.3 is 5.32 Å². The summed E-state index contributed by atoms with van der Waals surface area (Å²) in [6.45, 7) is 0. The third-order valence-electron chi connectivity index (χ3n) is 2.73. The minimum absolute atomic E-state index is 0.0870. The summed E-state index contributed by atoms with van der Waals surface area (Å²) in [6, 6.07) is 12.7. The largest absolute Gasteiger partial charge is 0.383 e. The van der Waals surface area contributed by atoms with Crippen molar-refractivity contribution in [3.63, 3.8) is 0 Å². The van der Waals surface area contributed by atoms with Crippen LogP contribution in [0.3, 0.4) is 0 Å². The minimum atomic E-state index is -0.389. The molecule has 0 heterocycles. The van der Waals surface area contributed by atoms with Gasteiger partial charge in [-0.3, -0.25) is 10.1 Å². The van der Waals surface area contributed by atoms with Crippen LogP contribution in [0.4, 0.5) is 11.4 Å². The Hall–Kier alpha value is -1.72. The van der Waals surface area contributed by atoms with Gasteiger partial charge in [0.2, 0.25) is 0 Å². The Morgan fingerprint density at radius 2 is 2.10 bits per heavy atom. The van der Waals surface area contributed by atoms with E-state index in [1.807, 2.05) is 24.3 Å². The molecule has 0 fully saturated rings. The van der Waals surface area contributed by atoms with Gasteiger partial charge in [-0.1, -0.05) is 23.7 Å². The summed E-state index contributed by atoms with van der Waals surface area (Å²) >= 11 is 7.57. The summed E-state index contributed by atoms with van der Waals surface area (Å²) in [6.07, 6.45) is 0. The van der Waals surface area contributed by atoms with Crippen molar-refractivity contribution in [3.8, 4) is 0 Å². The maximum atomic E-state index is 10.9. The lowest BCUT2D eigenvalue weighted by atomic mass is 10.2. The average Bonchev–Trinajstić information content (AvgIpc) is 2.44. The first-order valence-electron chi connectivity index (χ1n) is 5.93. The number of rotatable bonds is 5. The number of nitrogens with zero attached hydrogens (tertiary/aromatic N) is 1. The van der Waals surface area contributed by atoms with E-state index in [2.05, 4.69) is 5.32 Å². The monoisotopic (exact) mass is 308 g/mol. The van der Waals surface area contributed by atoms with Crippen molar-refractivity contribution >= 4 is 34.7 Å². The third kappa shape index (κ3) is 3.65. The number of nitrogens with one attached hydrogen (secondary N) is 1. The molecule has 1 N–H and O–H groups in total. The molecule has 0 atom stereocenters. The number of anilines is 1. The van der Waals surface area contributed by atoms with Gasteiger partial charge in [0, 0.05) is 28.8 Å². The first-order valence-corrected chi connectivity index (χ1v) is 7.30. The Morgan fingerprint density at radius 1 is 1.30 bits per heavy atom. The smallest absolute Gasteiger partial charge is 0.292 e. The van der Waals surface area contributed by atoms with Crippen LogP contribution in [0.25, 0.3) is 0 Å². The Kier molecular flexibility index (Phi) is 4.87. The lowest BCUT2D eigenvalue weighted by Crippen LogP contribution is -1.97. The number of hydrogen-bond acceptors (Lipinski definition) is 4. The molecule has 2 aromatic rings. The second-order valence-electron chi connectivity index (χ2n) is 4.10. The molecule has 0 aliphatic rings. The van der Waals surface area contributed by atoms with Gasteiger partial charge in [0.1, 0.15) is 5.69 Å². The van der Waals surface area contributed by atoms with Gasteiger partial charge in [0.15, 0.2) is 0 Å². The fourth-order valence-corrected chi connectivity index (χ4v) is 2.91. The normalized spacial score (nSPS) is 10.3. The van der Waals surface area contributed by atoms with E-state index in [0.29, 0.717) is 10.7 Å². The number of benzene rings is 2. The highest BCUT2D eigenvalue weighted by Crippen LogP contribution is 2.29. The van der Waals surface area contributed by atoms with Gasteiger partial charge in [0.25, 0.3) is 5.69 Å². The number of thioether (sulfide) groups is 1. The SMILES string of the molecule is CNc1cc(CSc2cccc(Cl)c2)ccc1[N+](=O)[O-]. The molecule has 0 amide bonds. The van der Waals surface area contributed by atoms with Crippen molar-refractivity contribution in [2.75, 3.05) is 12.4 Å². The lowest BCUT2D eigenvalue weighted by Gasteiger charge is -2.06. The van der Waals surface area contributed by atoms with Gasteiger partial charge in [-0.2, -0.15) is 0 Å². The van der Waals surface area contributed by atoms with Crippen LogP contribution in [0, 0.1) is 10.1 Å². The summed E-state index contributed by atoms with van der Waals surface area (Å²) < 4.78 is 0. The van der Waals surface area contributed by atoms with Crippen LogP contribution in [-0.4, -0.2) is 12.0 Å². The molecule has 0 spiro atoms. The molecule has 0 unspecified atom stereocenters. The predicted molar refractivity (Wildman–Crippen MR) is 83.7 cm³/mol. The number of halogens is 1. The molecular formula is C14H13ClN2O2S. The number of hydrogen-bond donors (Lipinski definition) is 1. The molecule has 20 heavy (non-hydrogen) atoms. The molecule has 0 aromatic heterocycles. The Morgan fingerprint density at radius 3 is 2.75 bits per heavy atom. The summed E-state index contributed by atoms with van der Waals surface area (Å²) in [5.74, 6) is 0.729. The Bertz CT molecular complexity index is 634. The predicted octanol–water partition coefficient (Wildman–Crippen LogP) is 4.58. The minimum Gasteiger partial charge on any atom is -0.383 e. The molecule has 0 saturated carbocycles. The van der Waals surface area contributed by atoms with E-state index in [9.17, 15) is 10.1 Å². The van der Waals surface area contributed by atoms with E-state index >= 15 is 0 Å². The zero-order valence-electron chi connectivity index (χ0n) is 10.8. The molecule has 6 heteroatoms. The van der Waals surface area contributed by atoms with Crippen molar-refractivity contribution in [2.24, 2.45) is 0 Å². The van der Waals surface area contributed by atoms with Gasteiger partial charge in [-0.25, -0.2) is 0 Å². The van der Waals surface area contributed by atoms with E-state index in [4.69, 9.17) is 11.6 Å². The molecule has 0 bridgehead atoms. The molecule has 2 rings (SSSR count). The summed E-state index contributed by atoms with van der Waals surface area (Å²) in [4.78, 5) is 11.5.